The third kappa shape index (κ3) is 2.00. The van der Waals surface area contributed by atoms with Crippen LogP contribution >= 0.6 is 22.9 Å². The van der Waals surface area contributed by atoms with Crippen molar-refractivity contribution >= 4 is 34.4 Å². The van der Waals surface area contributed by atoms with E-state index in [1.54, 1.807) is 0 Å². The van der Waals surface area contributed by atoms with Crippen LogP contribution in [0, 0.1) is 5.82 Å². The topological polar surface area (TPSA) is 37.8 Å². The van der Waals surface area contributed by atoms with Crippen LogP contribution in [0.25, 0.3) is 0 Å². The molecule has 0 atom stereocenters. The molecular weight excluding hydrogens is 225 g/mol. The second kappa shape index (κ2) is 3.89. The molecule has 0 aliphatic rings. The zero-order valence-electron chi connectivity index (χ0n) is 6.87. The van der Waals surface area contributed by atoms with Crippen molar-refractivity contribution in [2.24, 2.45) is 0 Å². The average molecular weight is 230 g/mol. The minimum absolute atomic E-state index is 0.0177. The Morgan fingerprint density at radius 3 is 3.07 bits per heavy atom. The largest absolute Gasteiger partial charge is 0.337 e. The Morgan fingerprint density at radius 2 is 2.36 bits per heavy atom. The van der Waals surface area contributed by atoms with E-state index in [1.165, 1.54) is 11.3 Å². The molecule has 0 radical (unpaired) electrons. The van der Waals surface area contributed by atoms with E-state index in [2.05, 4.69) is 15.3 Å². The number of halogens is 2. The Labute approximate surface area is 88.6 Å². The summed E-state index contributed by atoms with van der Waals surface area (Å²) < 4.78 is 13.1. The highest BCUT2D eigenvalue weighted by Gasteiger charge is 2.05. The standard InChI is InChI=1S/C8H5ClFN3S/c9-8-11-3-6(10)7(13-8)12-5-1-2-14-4-5/h1-4H,(H,11,12,13). The van der Waals surface area contributed by atoms with Gasteiger partial charge in [-0.05, 0) is 23.0 Å². The Morgan fingerprint density at radius 1 is 1.50 bits per heavy atom. The summed E-state index contributed by atoms with van der Waals surface area (Å²) >= 11 is 7.04. The summed E-state index contributed by atoms with van der Waals surface area (Å²) in [6.45, 7) is 0. The Hall–Kier alpha value is -1.20. The number of hydrogen-bond donors (Lipinski definition) is 1. The van der Waals surface area contributed by atoms with E-state index < -0.39 is 5.82 Å². The maximum absolute atomic E-state index is 13.1. The van der Waals surface area contributed by atoms with Crippen LogP contribution in [0.3, 0.4) is 0 Å². The van der Waals surface area contributed by atoms with Gasteiger partial charge >= 0.3 is 0 Å². The first-order valence-corrected chi connectivity index (χ1v) is 5.05. The van der Waals surface area contributed by atoms with Gasteiger partial charge in [0.2, 0.25) is 5.28 Å². The van der Waals surface area contributed by atoms with E-state index in [4.69, 9.17) is 11.6 Å². The van der Waals surface area contributed by atoms with Crippen LogP contribution in [0.2, 0.25) is 5.28 Å². The number of nitrogens with one attached hydrogen (secondary N) is 1. The van der Waals surface area contributed by atoms with Crippen LogP contribution in [0.5, 0.6) is 0 Å². The molecule has 0 aromatic carbocycles. The van der Waals surface area contributed by atoms with E-state index >= 15 is 0 Å². The predicted molar refractivity (Wildman–Crippen MR) is 54.6 cm³/mol. The first-order chi connectivity index (χ1) is 6.75. The fourth-order valence-electron chi connectivity index (χ4n) is 0.906. The van der Waals surface area contributed by atoms with Crippen LogP contribution in [-0.2, 0) is 0 Å². The van der Waals surface area contributed by atoms with Gasteiger partial charge in [0.1, 0.15) is 0 Å². The van der Waals surface area contributed by atoms with Gasteiger partial charge in [0.25, 0.3) is 0 Å². The van der Waals surface area contributed by atoms with Crippen molar-refractivity contribution in [1.82, 2.24) is 9.97 Å². The summed E-state index contributed by atoms with van der Waals surface area (Å²) in [5, 5.41) is 6.53. The molecule has 2 rings (SSSR count). The molecule has 0 aliphatic carbocycles. The van der Waals surface area contributed by atoms with Crippen molar-refractivity contribution in [1.29, 1.82) is 0 Å². The summed E-state index contributed by atoms with van der Waals surface area (Å²) in [6.07, 6.45) is 1.03. The molecule has 0 saturated carbocycles. The van der Waals surface area contributed by atoms with E-state index in [-0.39, 0.29) is 11.1 Å². The first kappa shape index (κ1) is 9.36. The number of hydrogen-bond acceptors (Lipinski definition) is 4. The van der Waals surface area contributed by atoms with Gasteiger partial charge in [0.15, 0.2) is 11.6 Å². The maximum Gasteiger partial charge on any atom is 0.224 e. The van der Waals surface area contributed by atoms with Crippen molar-refractivity contribution in [3.05, 3.63) is 34.1 Å². The monoisotopic (exact) mass is 229 g/mol. The number of rotatable bonds is 2. The third-order valence-electron chi connectivity index (χ3n) is 1.50. The van der Waals surface area contributed by atoms with Gasteiger partial charge in [0, 0.05) is 5.38 Å². The van der Waals surface area contributed by atoms with Crippen LogP contribution in [0.4, 0.5) is 15.9 Å². The smallest absolute Gasteiger partial charge is 0.224 e. The summed E-state index contributed by atoms with van der Waals surface area (Å²) in [4.78, 5) is 7.23. The van der Waals surface area contributed by atoms with Crippen molar-refractivity contribution in [2.45, 2.75) is 0 Å². The number of anilines is 2. The lowest BCUT2D eigenvalue weighted by Crippen LogP contribution is -1.97. The summed E-state index contributed by atoms with van der Waals surface area (Å²) in [5.41, 5.74) is 0.781. The van der Waals surface area contributed by atoms with Gasteiger partial charge < -0.3 is 5.32 Å². The summed E-state index contributed by atoms with van der Waals surface area (Å²) in [6, 6.07) is 1.82. The lowest BCUT2D eigenvalue weighted by atomic mass is 10.5. The molecule has 2 heterocycles. The van der Waals surface area contributed by atoms with Crippen LogP contribution in [0.15, 0.2) is 23.0 Å². The molecule has 0 unspecified atom stereocenters. The zero-order chi connectivity index (χ0) is 9.97. The molecule has 0 saturated heterocycles. The fraction of sp³-hybridized carbons (Fsp3) is 0. The number of nitrogens with zero attached hydrogens (tertiary/aromatic N) is 2. The van der Waals surface area contributed by atoms with E-state index in [1.807, 2.05) is 16.8 Å². The third-order valence-corrected chi connectivity index (χ3v) is 2.36. The lowest BCUT2D eigenvalue weighted by Gasteiger charge is -2.03. The Balaban J connectivity index is 2.28. The molecular formula is C8H5ClFN3S. The van der Waals surface area contributed by atoms with Gasteiger partial charge in [-0.15, -0.1) is 0 Å². The quantitative estimate of drug-likeness (QED) is 0.805. The van der Waals surface area contributed by atoms with Crippen LogP contribution in [0.1, 0.15) is 0 Å². The molecule has 6 heteroatoms. The van der Waals surface area contributed by atoms with Gasteiger partial charge in [-0.25, -0.2) is 9.37 Å². The van der Waals surface area contributed by atoms with E-state index in [0.29, 0.717) is 0 Å². The molecule has 2 aromatic rings. The first-order valence-electron chi connectivity index (χ1n) is 3.73. The molecule has 72 valence electrons. The highest BCUT2D eigenvalue weighted by Crippen LogP contribution is 2.20. The normalized spacial score (nSPS) is 10.1. The summed E-state index contributed by atoms with van der Waals surface area (Å²) in [7, 11) is 0. The van der Waals surface area contributed by atoms with E-state index in [9.17, 15) is 4.39 Å². The molecule has 0 bridgehead atoms. The molecule has 0 amide bonds. The van der Waals surface area contributed by atoms with Crippen molar-refractivity contribution in [3.63, 3.8) is 0 Å². The summed E-state index contributed by atoms with van der Waals surface area (Å²) in [5.74, 6) is -0.441. The molecule has 3 nitrogen and oxygen atoms in total. The molecule has 0 fully saturated rings. The molecule has 1 N–H and O–H groups in total. The lowest BCUT2D eigenvalue weighted by molar-refractivity contribution is 0.619. The fourth-order valence-corrected chi connectivity index (χ4v) is 1.63. The van der Waals surface area contributed by atoms with Crippen molar-refractivity contribution in [2.75, 3.05) is 5.32 Å². The Kier molecular flexibility index (Phi) is 2.60. The van der Waals surface area contributed by atoms with E-state index in [0.717, 1.165) is 11.9 Å². The minimum Gasteiger partial charge on any atom is -0.337 e. The Bertz CT molecular complexity index is 432. The number of aromatic nitrogens is 2. The zero-order valence-corrected chi connectivity index (χ0v) is 8.44. The highest BCUT2D eigenvalue weighted by molar-refractivity contribution is 7.08. The highest BCUT2D eigenvalue weighted by atomic mass is 35.5. The van der Waals surface area contributed by atoms with Gasteiger partial charge in [0.05, 0.1) is 11.9 Å². The second-order valence-electron chi connectivity index (χ2n) is 2.47. The average Bonchev–Trinajstić information content (AvgIpc) is 2.64. The predicted octanol–water partition coefficient (Wildman–Crippen LogP) is 3.07. The second-order valence-corrected chi connectivity index (χ2v) is 3.59. The molecule has 0 spiro atoms. The van der Waals surface area contributed by atoms with Gasteiger partial charge in [-0.1, -0.05) is 0 Å². The van der Waals surface area contributed by atoms with Crippen LogP contribution < -0.4 is 5.32 Å². The molecule has 0 aliphatic heterocycles. The van der Waals surface area contributed by atoms with Crippen molar-refractivity contribution in [3.8, 4) is 0 Å². The number of thiophene rings is 1. The molecule has 14 heavy (non-hydrogen) atoms. The minimum atomic E-state index is -0.527. The van der Waals surface area contributed by atoms with Gasteiger partial charge in [-0.3, -0.25) is 0 Å². The maximum atomic E-state index is 13.1. The van der Waals surface area contributed by atoms with Gasteiger partial charge in [-0.2, -0.15) is 16.3 Å². The molecule has 2 aromatic heterocycles. The SMILES string of the molecule is Fc1cnc(Cl)nc1Nc1ccsc1. The van der Waals surface area contributed by atoms with Crippen LogP contribution in [-0.4, -0.2) is 9.97 Å². The van der Waals surface area contributed by atoms with Crippen molar-refractivity contribution < 1.29 is 4.39 Å².